The molecule has 0 spiro atoms. The van der Waals surface area contributed by atoms with E-state index in [9.17, 15) is 13.2 Å². The number of nitrogens with one attached hydrogen (secondary N) is 1. The Bertz CT molecular complexity index is 831. The number of benzene rings is 1. The van der Waals surface area contributed by atoms with Crippen molar-refractivity contribution in [1.82, 2.24) is 14.6 Å². The minimum absolute atomic E-state index is 0.265. The maximum Gasteiger partial charge on any atom is 0.221 e. The van der Waals surface area contributed by atoms with E-state index in [1.165, 1.54) is 31.0 Å². The lowest BCUT2D eigenvalue weighted by atomic mass is 10.1. The molecule has 0 fully saturated rings. The van der Waals surface area contributed by atoms with Crippen molar-refractivity contribution < 1.29 is 13.2 Å². The predicted molar refractivity (Wildman–Crippen MR) is 105 cm³/mol. The largest absolute Gasteiger partial charge is 0.310 e. The van der Waals surface area contributed by atoms with Crippen LogP contribution in [0.1, 0.15) is 32.4 Å². The van der Waals surface area contributed by atoms with E-state index in [0.717, 1.165) is 33.6 Å². The molecule has 0 unspecified atom stereocenters. The first kappa shape index (κ1) is 20.7. The van der Waals surface area contributed by atoms with Crippen LogP contribution in [0.25, 0.3) is 0 Å². The summed E-state index contributed by atoms with van der Waals surface area (Å²) in [5.74, 6) is -1.00. The Morgan fingerprint density at radius 2 is 1.92 bits per heavy atom. The van der Waals surface area contributed by atoms with Gasteiger partial charge in [0.25, 0.3) is 0 Å². The number of aryl methyl sites for hydroxylation is 2. The third kappa shape index (κ3) is 5.98. The minimum atomic E-state index is -3.57. The lowest BCUT2D eigenvalue weighted by molar-refractivity contribution is 0.101. The summed E-state index contributed by atoms with van der Waals surface area (Å²) in [5.41, 5.74) is 1.58. The highest BCUT2D eigenvalue weighted by atomic mass is 32.2. The molecular formula is C18H25N3O3S2. The number of thiazole rings is 1. The second kappa shape index (κ2) is 9.36. The maximum absolute atomic E-state index is 12.3. The number of carbonyl (C=O) groups excluding carboxylic acids is 1. The van der Waals surface area contributed by atoms with Crippen molar-refractivity contribution in [2.24, 2.45) is 0 Å². The average Bonchev–Trinajstić information content (AvgIpc) is 2.96. The summed E-state index contributed by atoms with van der Waals surface area (Å²) in [6.45, 7) is 3.23. The van der Waals surface area contributed by atoms with Gasteiger partial charge in [0.15, 0.2) is 5.78 Å². The fourth-order valence-corrected chi connectivity index (χ4v) is 4.05. The molecule has 0 aliphatic carbocycles. The van der Waals surface area contributed by atoms with Gasteiger partial charge >= 0.3 is 0 Å². The van der Waals surface area contributed by atoms with Gasteiger partial charge in [0, 0.05) is 25.5 Å². The summed E-state index contributed by atoms with van der Waals surface area (Å²) in [5, 5.41) is 4.13. The molecule has 0 radical (unpaired) electrons. The van der Waals surface area contributed by atoms with E-state index >= 15 is 0 Å². The van der Waals surface area contributed by atoms with Crippen molar-refractivity contribution in [3.8, 4) is 0 Å². The van der Waals surface area contributed by atoms with Crippen molar-refractivity contribution in [2.45, 2.75) is 26.3 Å². The molecule has 0 saturated carbocycles. The van der Waals surface area contributed by atoms with Gasteiger partial charge in [-0.05, 0) is 31.9 Å². The maximum atomic E-state index is 12.3. The Kier molecular flexibility index (Phi) is 7.45. The molecule has 26 heavy (non-hydrogen) atoms. The lowest BCUT2D eigenvalue weighted by Crippen LogP contribution is -2.29. The van der Waals surface area contributed by atoms with Gasteiger partial charge in [0.05, 0.1) is 0 Å². The number of aromatic nitrogens is 1. The fourth-order valence-electron chi connectivity index (χ4n) is 2.41. The number of ketones is 1. The molecule has 0 atom stereocenters. The van der Waals surface area contributed by atoms with Crippen LogP contribution in [0.4, 0.5) is 0 Å². The van der Waals surface area contributed by atoms with E-state index in [2.05, 4.69) is 22.4 Å². The normalized spacial score (nSPS) is 11.8. The zero-order valence-corrected chi connectivity index (χ0v) is 17.0. The number of nitrogens with zero attached hydrogens (tertiary/aromatic N) is 2. The first-order chi connectivity index (χ1) is 12.3. The molecule has 1 N–H and O–H groups in total. The van der Waals surface area contributed by atoms with Crippen molar-refractivity contribution in [3.63, 3.8) is 0 Å². The van der Waals surface area contributed by atoms with Crippen LogP contribution in [0.5, 0.6) is 0 Å². The van der Waals surface area contributed by atoms with Gasteiger partial charge in [0.2, 0.25) is 10.0 Å². The second-order valence-electron chi connectivity index (χ2n) is 6.24. The van der Waals surface area contributed by atoms with Gasteiger partial charge in [-0.2, -0.15) is 0 Å². The highest BCUT2D eigenvalue weighted by molar-refractivity contribution is 7.89. The zero-order chi connectivity index (χ0) is 19.2. The molecule has 8 heteroatoms. The summed E-state index contributed by atoms with van der Waals surface area (Å²) in [7, 11) is -0.735. The number of sulfonamides is 1. The molecule has 1 heterocycles. The van der Waals surface area contributed by atoms with Crippen molar-refractivity contribution in [2.75, 3.05) is 26.4 Å². The van der Waals surface area contributed by atoms with Crippen LogP contribution in [0.15, 0.2) is 30.3 Å². The Hall–Kier alpha value is -1.61. The monoisotopic (exact) mass is 395 g/mol. The van der Waals surface area contributed by atoms with Crippen LogP contribution < -0.4 is 5.32 Å². The molecule has 0 aliphatic rings. The van der Waals surface area contributed by atoms with E-state index in [1.807, 2.05) is 18.2 Å². The summed E-state index contributed by atoms with van der Waals surface area (Å²) >= 11 is 1.43. The van der Waals surface area contributed by atoms with E-state index in [0.29, 0.717) is 6.54 Å². The number of rotatable bonds is 10. The number of carbonyl (C=O) groups is 1. The number of hydrogen-bond acceptors (Lipinski definition) is 6. The van der Waals surface area contributed by atoms with Crippen molar-refractivity contribution in [1.29, 1.82) is 0 Å². The van der Waals surface area contributed by atoms with Crippen LogP contribution in [0.2, 0.25) is 0 Å². The zero-order valence-electron chi connectivity index (χ0n) is 15.4. The Morgan fingerprint density at radius 3 is 2.58 bits per heavy atom. The average molecular weight is 396 g/mol. The molecule has 1 aromatic heterocycles. The quantitative estimate of drug-likeness (QED) is 0.493. The van der Waals surface area contributed by atoms with E-state index in [4.69, 9.17) is 0 Å². The summed E-state index contributed by atoms with van der Waals surface area (Å²) in [6, 6.07) is 10.3. The van der Waals surface area contributed by atoms with Gasteiger partial charge in [0.1, 0.15) is 16.5 Å². The van der Waals surface area contributed by atoms with Crippen molar-refractivity contribution in [3.05, 3.63) is 51.5 Å². The van der Waals surface area contributed by atoms with Crippen LogP contribution >= 0.6 is 11.3 Å². The van der Waals surface area contributed by atoms with E-state index < -0.39 is 21.6 Å². The summed E-state index contributed by atoms with van der Waals surface area (Å²) in [6.07, 6.45) is 2.03. The third-order valence-corrected chi connectivity index (χ3v) is 6.62. The van der Waals surface area contributed by atoms with E-state index in [-0.39, 0.29) is 5.69 Å². The standard InChI is InChI=1S/C18H25N3O3S2/c1-14-18(16(22)13-26(23,24)21(2)3)20-17(25-14)12-19-11-7-10-15-8-5-4-6-9-15/h4-6,8-9,19H,7,10-13H2,1-3H3. The first-order valence-electron chi connectivity index (χ1n) is 8.44. The Labute approximate surface area is 159 Å². The van der Waals surface area contributed by atoms with Crippen LogP contribution in [0.3, 0.4) is 0 Å². The number of Topliss-reactive ketones (excluding diaryl/α,β-unsaturated/α-hetero) is 1. The first-order valence-corrected chi connectivity index (χ1v) is 10.9. The number of hydrogen-bond donors (Lipinski definition) is 1. The molecular weight excluding hydrogens is 370 g/mol. The van der Waals surface area contributed by atoms with E-state index in [1.54, 1.807) is 6.92 Å². The molecule has 1 aromatic carbocycles. The summed E-state index contributed by atoms with van der Waals surface area (Å²) < 4.78 is 24.8. The molecule has 0 saturated heterocycles. The smallest absolute Gasteiger partial charge is 0.221 e. The van der Waals surface area contributed by atoms with Gasteiger partial charge in [-0.1, -0.05) is 30.3 Å². The highest BCUT2D eigenvalue weighted by Gasteiger charge is 2.23. The van der Waals surface area contributed by atoms with Crippen LogP contribution in [-0.4, -0.2) is 49.9 Å². The van der Waals surface area contributed by atoms with Gasteiger partial charge in [-0.25, -0.2) is 17.7 Å². The van der Waals surface area contributed by atoms with Gasteiger partial charge < -0.3 is 5.32 Å². The summed E-state index contributed by atoms with van der Waals surface area (Å²) in [4.78, 5) is 17.3. The highest BCUT2D eigenvalue weighted by Crippen LogP contribution is 2.18. The predicted octanol–water partition coefficient (Wildman–Crippen LogP) is 2.25. The van der Waals surface area contributed by atoms with Crippen molar-refractivity contribution >= 4 is 27.1 Å². The lowest BCUT2D eigenvalue weighted by Gasteiger charge is -2.09. The molecule has 6 nitrogen and oxygen atoms in total. The topological polar surface area (TPSA) is 79.4 Å². The fraction of sp³-hybridized carbons (Fsp3) is 0.444. The molecule has 0 aliphatic heterocycles. The Balaban J connectivity index is 1.83. The SMILES string of the molecule is Cc1sc(CNCCCc2ccccc2)nc1C(=O)CS(=O)(=O)N(C)C. The molecule has 0 amide bonds. The third-order valence-electron chi connectivity index (χ3n) is 3.91. The second-order valence-corrected chi connectivity index (χ2v) is 9.71. The van der Waals surface area contributed by atoms with Gasteiger partial charge in [-0.3, -0.25) is 4.79 Å². The molecule has 142 valence electrons. The Morgan fingerprint density at radius 1 is 1.23 bits per heavy atom. The van der Waals surface area contributed by atoms with Crippen LogP contribution in [0, 0.1) is 6.92 Å². The molecule has 2 aromatic rings. The molecule has 2 rings (SSSR count). The van der Waals surface area contributed by atoms with Crippen LogP contribution in [-0.2, 0) is 23.0 Å². The van der Waals surface area contributed by atoms with Gasteiger partial charge in [-0.15, -0.1) is 11.3 Å². The minimum Gasteiger partial charge on any atom is -0.310 e. The molecule has 0 bridgehead atoms.